The van der Waals surface area contributed by atoms with E-state index in [0.717, 1.165) is 17.0 Å². The van der Waals surface area contributed by atoms with Gasteiger partial charge < -0.3 is 10.1 Å². The molecule has 0 saturated carbocycles. The van der Waals surface area contributed by atoms with Crippen LogP contribution < -0.4 is 10.1 Å². The van der Waals surface area contributed by atoms with Crippen molar-refractivity contribution in [3.8, 4) is 5.75 Å². The van der Waals surface area contributed by atoms with Crippen molar-refractivity contribution in [1.29, 1.82) is 0 Å². The molecular formula is C18H15NO3. The van der Waals surface area contributed by atoms with Crippen LogP contribution in [0.3, 0.4) is 0 Å². The Labute approximate surface area is 128 Å². The van der Waals surface area contributed by atoms with Gasteiger partial charge in [0.1, 0.15) is 5.75 Å². The normalized spacial score (nSPS) is 14.6. The number of carbonyl (C=O) groups excluding carboxylic acids is 2. The van der Waals surface area contributed by atoms with Crippen LogP contribution in [0.5, 0.6) is 5.75 Å². The molecule has 2 aromatic carbocycles. The molecule has 1 aliphatic heterocycles. The molecule has 1 aliphatic rings. The maximum atomic E-state index is 12.3. The van der Waals surface area contributed by atoms with E-state index in [1.165, 1.54) is 6.08 Å². The Hall–Kier alpha value is -2.88. The van der Waals surface area contributed by atoms with Crippen LogP contribution in [0.15, 0.2) is 54.6 Å². The molecule has 1 heterocycles. The Balaban J connectivity index is 1.88. The molecule has 0 atom stereocenters. The van der Waals surface area contributed by atoms with Crippen molar-refractivity contribution in [2.75, 3.05) is 11.9 Å². The third kappa shape index (κ3) is 2.63. The zero-order valence-corrected chi connectivity index (χ0v) is 12.1. The average Bonchev–Trinajstić information content (AvgIpc) is 2.84. The first kappa shape index (κ1) is 14.1. The van der Waals surface area contributed by atoms with Crippen LogP contribution in [0.2, 0.25) is 0 Å². The molecule has 4 nitrogen and oxygen atoms in total. The van der Waals surface area contributed by atoms with Crippen LogP contribution in [0.25, 0.3) is 5.57 Å². The summed E-state index contributed by atoms with van der Waals surface area (Å²) in [5.74, 6) is 0.265. The summed E-state index contributed by atoms with van der Waals surface area (Å²) in [5.41, 5.74) is 2.41. The van der Waals surface area contributed by atoms with Gasteiger partial charge in [-0.05, 0) is 43.3 Å². The third-order valence-corrected chi connectivity index (χ3v) is 3.44. The number of ether oxygens (including phenoxy) is 1. The second-order valence-corrected chi connectivity index (χ2v) is 4.88. The smallest absolute Gasteiger partial charge is 0.256 e. The summed E-state index contributed by atoms with van der Waals surface area (Å²) < 4.78 is 5.35. The molecule has 4 heteroatoms. The van der Waals surface area contributed by atoms with E-state index in [1.54, 1.807) is 24.3 Å². The Morgan fingerprint density at radius 3 is 2.59 bits per heavy atom. The van der Waals surface area contributed by atoms with E-state index >= 15 is 0 Å². The van der Waals surface area contributed by atoms with Crippen molar-refractivity contribution in [3.05, 3.63) is 65.7 Å². The van der Waals surface area contributed by atoms with Crippen LogP contribution in [0, 0.1) is 0 Å². The van der Waals surface area contributed by atoms with Gasteiger partial charge in [-0.1, -0.05) is 18.2 Å². The van der Waals surface area contributed by atoms with Crippen LogP contribution in [0.1, 0.15) is 22.8 Å². The topological polar surface area (TPSA) is 55.4 Å². The van der Waals surface area contributed by atoms with Gasteiger partial charge >= 0.3 is 0 Å². The van der Waals surface area contributed by atoms with Crippen molar-refractivity contribution in [2.24, 2.45) is 0 Å². The van der Waals surface area contributed by atoms with Gasteiger partial charge in [0.15, 0.2) is 5.78 Å². The van der Waals surface area contributed by atoms with Gasteiger partial charge in [-0.25, -0.2) is 0 Å². The number of carbonyl (C=O) groups is 2. The molecule has 1 N–H and O–H groups in total. The first-order valence-electron chi connectivity index (χ1n) is 7.08. The Bertz CT molecular complexity index is 760. The molecule has 0 spiro atoms. The van der Waals surface area contributed by atoms with Crippen molar-refractivity contribution in [2.45, 2.75) is 6.92 Å². The van der Waals surface area contributed by atoms with Gasteiger partial charge in [0.2, 0.25) is 0 Å². The van der Waals surface area contributed by atoms with E-state index in [9.17, 15) is 9.59 Å². The molecule has 1 amide bonds. The second kappa shape index (κ2) is 5.85. The van der Waals surface area contributed by atoms with Crippen molar-refractivity contribution >= 4 is 23.0 Å². The lowest BCUT2D eigenvalue weighted by Gasteiger charge is -2.03. The number of anilines is 1. The quantitative estimate of drug-likeness (QED) is 0.695. The third-order valence-electron chi connectivity index (χ3n) is 3.44. The largest absolute Gasteiger partial charge is 0.494 e. The number of ketones is 1. The number of hydrogen-bond acceptors (Lipinski definition) is 3. The summed E-state index contributed by atoms with van der Waals surface area (Å²) in [6.45, 7) is 2.48. The van der Waals surface area contributed by atoms with Gasteiger partial charge in [-0.15, -0.1) is 0 Å². The number of fused-ring (bicyclic) bond motifs is 1. The summed E-state index contributed by atoms with van der Waals surface area (Å²) in [6, 6.07) is 14.2. The molecule has 0 fully saturated rings. The zero-order chi connectivity index (χ0) is 15.5. The highest BCUT2D eigenvalue weighted by molar-refractivity contribution is 6.35. The van der Waals surface area contributed by atoms with E-state index in [4.69, 9.17) is 4.74 Å². The molecule has 0 bridgehead atoms. The Morgan fingerprint density at radius 1 is 1.14 bits per heavy atom. The number of para-hydroxylation sites is 1. The monoisotopic (exact) mass is 293 g/mol. The van der Waals surface area contributed by atoms with E-state index < -0.39 is 0 Å². The van der Waals surface area contributed by atoms with Gasteiger partial charge in [0.05, 0.1) is 12.2 Å². The minimum absolute atomic E-state index is 0.204. The zero-order valence-electron chi connectivity index (χ0n) is 12.1. The molecule has 0 aromatic heterocycles. The predicted octanol–water partition coefficient (Wildman–Crippen LogP) is 3.30. The number of allylic oxidation sites excluding steroid dienone is 1. The van der Waals surface area contributed by atoms with Crippen LogP contribution in [-0.4, -0.2) is 18.3 Å². The van der Waals surface area contributed by atoms with Crippen LogP contribution >= 0.6 is 0 Å². The van der Waals surface area contributed by atoms with E-state index in [0.29, 0.717) is 17.7 Å². The maximum Gasteiger partial charge on any atom is 0.256 e. The van der Waals surface area contributed by atoms with E-state index in [-0.39, 0.29) is 11.7 Å². The lowest BCUT2D eigenvalue weighted by atomic mass is 10.0. The molecule has 0 radical (unpaired) electrons. The fourth-order valence-corrected chi connectivity index (χ4v) is 2.38. The summed E-state index contributed by atoms with van der Waals surface area (Å²) in [4.78, 5) is 24.3. The van der Waals surface area contributed by atoms with Crippen LogP contribution in [0.4, 0.5) is 5.69 Å². The molecular weight excluding hydrogens is 278 g/mol. The maximum absolute atomic E-state index is 12.3. The van der Waals surface area contributed by atoms with E-state index in [2.05, 4.69) is 5.32 Å². The molecule has 2 aromatic rings. The molecule has 0 unspecified atom stereocenters. The second-order valence-electron chi connectivity index (χ2n) is 4.88. The molecule has 0 saturated heterocycles. The number of nitrogens with one attached hydrogen (secondary N) is 1. The van der Waals surface area contributed by atoms with Crippen molar-refractivity contribution in [1.82, 2.24) is 0 Å². The minimum Gasteiger partial charge on any atom is -0.494 e. The number of hydrogen-bond donors (Lipinski definition) is 1. The standard InChI is InChI=1S/C18H15NO3/c1-2-22-13-9-7-12(8-10-13)17(20)11-15-14-5-3-4-6-16(14)19-18(15)21/h3-11H,2H2,1H3,(H,19,21)/b15-11-. The first-order valence-corrected chi connectivity index (χ1v) is 7.08. The van der Waals surface area contributed by atoms with Gasteiger partial charge in [0.25, 0.3) is 5.91 Å². The number of benzene rings is 2. The molecule has 22 heavy (non-hydrogen) atoms. The Morgan fingerprint density at radius 2 is 1.86 bits per heavy atom. The van der Waals surface area contributed by atoms with Gasteiger partial charge in [-0.2, -0.15) is 0 Å². The molecule has 0 aliphatic carbocycles. The first-order chi connectivity index (χ1) is 10.7. The summed E-state index contributed by atoms with van der Waals surface area (Å²) in [5, 5.41) is 2.75. The predicted molar refractivity (Wildman–Crippen MR) is 85.0 cm³/mol. The summed E-state index contributed by atoms with van der Waals surface area (Å²) in [7, 11) is 0. The lowest BCUT2D eigenvalue weighted by molar-refractivity contribution is -0.110. The fourth-order valence-electron chi connectivity index (χ4n) is 2.38. The highest BCUT2D eigenvalue weighted by Crippen LogP contribution is 2.31. The SMILES string of the molecule is CCOc1ccc(C(=O)/C=C2\C(=O)Nc3ccccc32)cc1. The highest BCUT2D eigenvalue weighted by atomic mass is 16.5. The summed E-state index contributed by atoms with van der Waals surface area (Å²) >= 11 is 0. The lowest BCUT2D eigenvalue weighted by Crippen LogP contribution is -2.06. The number of amides is 1. The molecule has 3 rings (SSSR count). The molecule has 110 valence electrons. The highest BCUT2D eigenvalue weighted by Gasteiger charge is 2.24. The number of rotatable bonds is 4. The van der Waals surface area contributed by atoms with E-state index in [1.807, 2.05) is 31.2 Å². The fraction of sp³-hybridized carbons (Fsp3) is 0.111. The minimum atomic E-state index is -0.250. The van der Waals surface area contributed by atoms with Crippen molar-refractivity contribution < 1.29 is 14.3 Å². The van der Waals surface area contributed by atoms with Crippen LogP contribution in [-0.2, 0) is 4.79 Å². The summed E-state index contributed by atoms with van der Waals surface area (Å²) in [6.07, 6.45) is 1.39. The van der Waals surface area contributed by atoms with Gasteiger partial charge in [0, 0.05) is 16.8 Å². The van der Waals surface area contributed by atoms with Crippen molar-refractivity contribution in [3.63, 3.8) is 0 Å². The van der Waals surface area contributed by atoms with Gasteiger partial charge in [-0.3, -0.25) is 9.59 Å². The Kier molecular flexibility index (Phi) is 3.74. The average molecular weight is 293 g/mol.